The number of aromatic nitrogens is 3. The summed E-state index contributed by atoms with van der Waals surface area (Å²) < 4.78 is 14.4. The number of pyridine rings is 1. The Morgan fingerprint density at radius 1 is 1.30 bits per heavy atom. The van der Waals surface area contributed by atoms with Gasteiger partial charge in [-0.1, -0.05) is 0 Å². The van der Waals surface area contributed by atoms with Gasteiger partial charge in [0.15, 0.2) is 6.29 Å². The van der Waals surface area contributed by atoms with E-state index in [1.807, 2.05) is 24.3 Å². The molecule has 2 heterocycles. The van der Waals surface area contributed by atoms with Crippen LogP contribution in [-0.2, 0) is 16.6 Å². The third-order valence-electron chi connectivity index (χ3n) is 4.45. The second-order valence-corrected chi connectivity index (χ2v) is 6.57. The first-order chi connectivity index (χ1) is 13.0. The van der Waals surface area contributed by atoms with E-state index >= 15 is 0 Å². The summed E-state index contributed by atoms with van der Waals surface area (Å²) in [6.07, 6.45) is 2.50. The number of methoxy groups -OCH3 is 1. The van der Waals surface area contributed by atoms with Crippen molar-refractivity contribution in [2.75, 3.05) is 20.3 Å². The second kappa shape index (κ2) is 7.75. The van der Waals surface area contributed by atoms with E-state index in [9.17, 15) is 9.59 Å². The van der Waals surface area contributed by atoms with Gasteiger partial charge in [0.1, 0.15) is 18.2 Å². The second-order valence-electron chi connectivity index (χ2n) is 6.57. The number of carbonyl (C=O) groups excluding carboxylic acids is 1. The molecule has 3 aromatic rings. The molecule has 0 aliphatic carbocycles. The van der Waals surface area contributed by atoms with E-state index in [1.54, 1.807) is 31.8 Å². The molecule has 0 N–H and O–H groups in total. The molecular weight excluding hydrogens is 346 g/mol. The summed E-state index contributed by atoms with van der Waals surface area (Å²) in [6, 6.07) is 7.44. The first-order valence-corrected chi connectivity index (χ1v) is 8.71. The predicted octanol–water partition coefficient (Wildman–Crippen LogP) is 2.50. The first-order valence-electron chi connectivity index (χ1n) is 8.71. The lowest BCUT2D eigenvalue weighted by Gasteiger charge is -2.17. The van der Waals surface area contributed by atoms with Crippen LogP contribution < -0.4 is 10.3 Å². The molecule has 1 atom stereocenters. The molecule has 0 saturated heterocycles. The van der Waals surface area contributed by atoms with Crippen molar-refractivity contribution in [3.63, 3.8) is 0 Å². The number of ether oxygens (including phenoxy) is 2. The highest BCUT2D eigenvalue weighted by atomic mass is 16.5. The first kappa shape index (κ1) is 18.8. The fourth-order valence-corrected chi connectivity index (χ4v) is 3.26. The van der Waals surface area contributed by atoms with Crippen molar-refractivity contribution < 1.29 is 14.3 Å². The molecule has 2 aromatic heterocycles. The molecule has 0 fully saturated rings. The highest BCUT2D eigenvalue weighted by Gasteiger charge is 2.19. The van der Waals surface area contributed by atoms with Gasteiger partial charge < -0.3 is 18.6 Å². The summed E-state index contributed by atoms with van der Waals surface area (Å²) in [5.41, 5.74) is 3.16. The third-order valence-corrected chi connectivity index (χ3v) is 4.45. The minimum absolute atomic E-state index is 0.000852. The van der Waals surface area contributed by atoms with E-state index in [0.29, 0.717) is 24.2 Å². The number of nitrogens with zero attached hydrogens (tertiary/aromatic N) is 3. The summed E-state index contributed by atoms with van der Waals surface area (Å²) >= 11 is 0. The highest BCUT2D eigenvalue weighted by Crippen LogP contribution is 2.30. The molecule has 0 aliphatic heterocycles. The van der Waals surface area contributed by atoms with Crippen LogP contribution in [0.15, 0.2) is 35.3 Å². The van der Waals surface area contributed by atoms with E-state index in [-0.39, 0.29) is 18.2 Å². The molecule has 0 unspecified atom stereocenters. The van der Waals surface area contributed by atoms with Crippen LogP contribution in [0.5, 0.6) is 5.75 Å². The number of carbonyl (C=O) groups is 1. The lowest BCUT2D eigenvalue weighted by molar-refractivity contribution is -0.109. The molecule has 1 aromatic carbocycles. The minimum atomic E-state index is -0.0316. The van der Waals surface area contributed by atoms with E-state index in [1.165, 1.54) is 0 Å². The number of aryl methyl sites for hydroxylation is 2. The van der Waals surface area contributed by atoms with Gasteiger partial charge in [0.05, 0.1) is 23.7 Å². The van der Waals surface area contributed by atoms with Gasteiger partial charge in [-0.3, -0.25) is 9.59 Å². The molecule has 0 spiro atoms. The number of hydrogen-bond acceptors (Lipinski definition) is 5. The number of hydrogen-bond donors (Lipinski definition) is 0. The normalized spacial score (nSPS) is 12.3. The zero-order valence-electron chi connectivity index (χ0n) is 15.9. The average molecular weight is 369 g/mol. The smallest absolute Gasteiger partial charge is 0.253 e. The van der Waals surface area contributed by atoms with Crippen LogP contribution in [0.3, 0.4) is 0 Å². The predicted molar refractivity (Wildman–Crippen MR) is 103 cm³/mol. The van der Waals surface area contributed by atoms with Crippen molar-refractivity contribution in [2.24, 2.45) is 7.05 Å². The molecular formula is C20H23N3O4. The van der Waals surface area contributed by atoms with Gasteiger partial charge >= 0.3 is 0 Å². The monoisotopic (exact) mass is 369 g/mol. The Balaban J connectivity index is 2.21. The fraction of sp³-hybridized carbons (Fsp3) is 0.350. The zero-order valence-corrected chi connectivity index (χ0v) is 15.9. The molecule has 142 valence electrons. The number of rotatable bonds is 7. The summed E-state index contributed by atoms with van der Waals surface area (Å²) in [6.45, 7) is 4.37. The van der Waals surface area contributed by atoms with Crippen LogP contribution in [0, 0.1) is 6.92 Å². The molecule has 7 nitrogen and oxygen atoms in total. The largest absolute Gasteiger partial charge is 0.486 e. The molecule has 0 aliphatic rings. The van der Waals surface area contributed by atoms with Crippen molar-refractivity contribution in [2.45, 2.75) is 19.9 Å². The van der Waals surface area contributed by atoms with Crippen LogP contribution in [-0.4, -0.2) is 40.7 Å². The molecule has 3 rings (SSSR count). The van der Waals surface area contributed by atoms with E-state index in [4.69, 9.17) is 14.5 Å². The average Bonchev–Trinajstić information content (AvgIpc) is 3.03. The van der Waals surface area contributed by atoms with Crippen LogP contribution >= 0.6 is 0 Å². The maximum Gasteiger partial charge on any atom is 0.253 e. The molecule has 0 amide bonds. The van der Waals surface area contributed by atoms with Crippen LogP contribution in [0.4, 0.5) is 0 Å². The van der Waals surface area contributed by atoms with Crippen molar-refractivity contribution >= 4 is 17.3 Å². The Morgan fingerprint density at radius 3 is 2.74 bits per heavy atom. The Hall–Kier alpha value is -2.93. The molecule has 7 heteroatoms. The van der Waals surface area contributed by atoms with Gasteiger partial charge in [0.2, 0.25) is 0 Å². The van der Waals surface area contributed by atoms with Gasteiger partial charge in [-0.05, 0) is 32.0 Å². The maximum absolute atomic E-state index is 12.1. The van der Waals surface area contributed by atoms with E-state index in [2.05, 4.69) is 11.5 Å². The summed E-state index contributed by atoms with van der Waals surface area (Å²) in [5.74, 6) is 1.34. The lowest BCUT2D eigenvalue weighted by Crippen LogP contribution is -2.19. The maximum atomic E-state index is 12.1. The van der Waals surface area contributed by atoms with E-state index < -0.39 is 0 Å². The Labute approximate surface area is 157 Å². The topological polar surface area (TPSA) is 75.3 Å². The lowest BCUT2D eigenvalue weighted by atomic mass is 10.2. The minimum Gasteiger partial charge on any atom is -0.486 e. The zero-order chi connectivity index (χ0) is 19.6. The Bertz CT molecular complexity index is 1010. The molecule has 27 heavy (non-hydrogen) atoms. The van der Waals surface area contributed by atoms with Gasteiger partial charge in [-0.15, -0.1) is 0 Å². The number of imidazole rings is 1. The van der Waals surface area contributed by atoms with Crippen molar-refractivity contribution in [1.29, 1.82) is 0 Å². The molecule has 0 bridgehead atoms. The van der Waals surface area contributed by atoms with E-state index in [0.717, 1.165) is 22.4 Å². The summed E-state index contributed by atoms with van der Waals surface area (Å²) in [5, 5.41) is 0. The van der Waals surface area contributed by atoms with Gasteiger partial charge in [0.25, 0.3) is 5.56 Å². The van der Waals surface area contributed by atoms with Crippen LogP contribution in [0.2, 0.25) is 0 Å². The standard InChI is InChI=1S/C20H23N3O4/c1-13-9-15(11-22(3)20(13)25)19-21-17-10-16(27-8-7-24)5-6-18(17)23(19)14(2)12-26-4/h5-7,9-11,14H,8,12H2,1-4H3/t14-/m0/s1. The summed E-state index contributed by atoms with van der Waals surface area (Å²) in [7, 11) is 3.40. The van der Waals surface area contributed by atoms with Crippen LogP contribution in [0.25, 0.3) is 22.4 Å². The number of aldehydes is 1. The highest BCUT2D eigenvalue weighted by molar-refractivity contribution is 5.82. The Kier molecular flexibility index (Phi) is 5.41. The quantitative estimate of drug-likeness (QED) is 0.598. The summed E-state index contributed by atoms with van der Waals surface area (Å²) in [4.78, 5) is 27.4. The third kappa shape index (κ3) is 3.64. The molecule has 0 radical (unpaired) electrons. The molecule has 0 saturated carbocycles. The number of fused-ring (bicyclic) bond motifs is 1. The van der Waals surface area contributed by atoms with Gasteiger partial charge in [-0.2, -0.15) is 0 Å². The number of benzene rings is 1. The SMILES string of the molecule is COC[C@H](C)n1c(-c2cc(C)c(=O)n(C)c2)nc2cc(OCC=O)ccc21. The van der Waals surface area contributed by atoms with Gasteiger partial charge in [-0.25, -0.2) is 4.98 Å². The van der Waals surface area contributed by atoms with Crippen molar-refractivity contribution in [3.05, 3.63) is 46.4 Å². The van der Waals surface area contributed by atoms with Crippen molar-refractivity contribution in [3.8, 4) is 17.1 Å². The fourth-order valence-electron chi connectivity index (χ4n) is 3.26. The Morgan fingerprint density at radius 2 is 2.07 bits per heavy atom. The van der Waals surface area contributed by atoms with Crippen molar-refractivity contribution in [1.82, 2.24) is 14.1 Å². The van der Waals surface area contributed by atoms with Gasteiger partial charge in [0, 0.05) is 37.5 Å². The van der Waals surface area contributed by atoms with Crippen LogP contribution in [0.1, 0.15) is 18.5 Å².